The zero-order valence-electron chi connectivity index (χ0n) is 13.0. The van der Waals surface area contributed by atoms with E-state index < -0.39 is 17.9 Å². The number of carboxylic acids is 2. The van der Waals surface area contributed by atoms with Crippen LogP contribution in [0.1, 0.15) is 37.7 Å². The van der Waals surface area contributed by atoms with Crippen molar-refractivity contribution < 1.29 is 24.6 Å². The zero-order chi connectivity index (χ0) is 17.1. The van der Waals surface area contributed by atoms with E-state index in [9.17, 15) is 19.5 Å². The van der Waals surface area contributed by atoms with Crippen molar-refractivity contribution in [3.05, 3.63) is 35.9 Å². The molecule has 1 rings (SSSR count). The van der Waals surface area contributed by atoms with Gasteiger partial charge in [0.05, 0.1) is 5.92 Å². The van der Waals surface area contributed by atoms with Gasteiger partial charge in [-0.1, -0.05) is 30.3 Å². The summed E-state index contributed by atoms with van der Waals surface area (Å²) in [7, 11) is 0. The molecule has 126 valence electrons. The molecule has 0 aliphatic heterocycles. The average Bonchev–Trinajstić information content (AvgIpc) is 2.52. The molecule has 6 nitrogen and oxygen atoms in total. The highest BCUT2D eigenvalue weighted by molar-refractivity contribution is 5.77. The second-order valence-corrected chi connectivity index (χ2v) is 5.45. The molecule has 0 spiro atoms. The molecule has 0 saturated heterocycles. The Morgan fingerprint density at radius 2 is 1.70 bits per heavy atom. The second-order valence-electron chi connectivity index (χ2n) is 5.45. The second kappa shape index (κ2) is 10.4. The minimum absolute atomic E-state index is 0.00903. The lowest BCUT2D eigenvalue weighted by atomic mass is 9.95. The number of carbonyl (C=O) groups is 3. The van der Waals surface area contributed by atoms with Gasteiger partial charge in [-0.05, 0) is 31.2 Å². The minimum atomic E-state index is -0.897. The third-order valence-corrected chi connectivity index (χ3v) is 3.58. The number of benzene rings is 1. The number of amides is 1. The molecule has 0 fully saturated rings. The lowest BCUT2D eigenvalue weighted by molar-refractivity contribution is -0.142. The molecule has 1 unspecified atom stereocenters. The van der Waals surface area contributed by atoms with E-state index in [0.29, 0.717) is 25.8 Å². The van der Waals surface area contributed by atoms with Crippen molar-refractivity contribution >= 4 is 17.8 Å². The smallest absolute Gasteiger partial charge is 0.306 e. The van der Waals surface area contributed by atoms with Crippen LogP contribution < -0.4 is 5.32 Å². The molecule has 23 heavy (non-hydrogen) atoms. The number of aliphatic carboxylic acids is 2. The van der Waals surface area contributed by atoms with Crippen LogP contribution in [-0.4, -0.2) is 34.6 Å². The third-order valence-electron chi connectivity index (χ3n) is 3.58. The summed E-state index contributed by atoms with van der Waals surface area (Å²) in [5.74, 6) is -2.58. The van der Waals surface area contributed by atoms with E-state index in [-0.39, 0.29) is 25.2 Å². The van der Waals surface area contributed by atoms with Crippen molar-refractivity contribution in [2.75, 3.05) is 6.54 Å². The highest BCUT2D eigenvalue weighted by Gasteiger charge is 2.18. The average molecular weight is 321 g/mol. The van der Waals surface area contributed by atoms with E-state index in [4.69, 9.17) is 5.11 Å². The Bertz CT molecular complexity index is 515. The number of nitrogens with one attached hydrogen (secondary N) is 1. The zero-order valence-corrected chi connectivity index (χ0v) is 13.0. The van der Waals surface area contributed by atoms with Gasteiger partial charge in [0.1, 0.15) is 0 Å². The Hall–Kier alpha value is -2.37. The van der Waals surface area contributed by atoms with Crippen molar-refractivity contribution in [1.29, 1.82) is 0 Å². The monoisotopic (exact) mass is 321 g/mol. The van der Waals surface area contributed by atoms with Crippen molar-refractivity contribution in [2.24, 2.45) is 5.92 Å². The van der Waals surface area contributed by atoms with Crippen LogP contribution in [0.3, 0.4) is 0 Å². The fourth-order valence-corrected chi connectivity index (χ4v) is 2.24. The molecule has 1 aromatic rings. The van der Waals surface area contributed by atoms with E-state index >= 15 is 0 Å². The number of rotatable bonds is 11. The van der Waals surface area contributed by atoms with Crippen LogP contribution in [0.15, 0.2) is 30.3 Å². The quantitative estimate of drug-likeness (QED) is 0.541. The normalized spacial score (nSPS) is 11.7. The molecular weight excluding hydrogens is 298 g/mol. The van der Waals surface area contributed by atoms with Gasteiger partial charge in [0.15, 0.2) is 0 Å². The molecule has 0 heterocycles. The van der Waals surface area contributed by atoms with Gasteiger partial charge in [0.2, 0.25) is 5.91 Å². The van der Waals surface area contributed by atoms with Crippen molar-refractivity contribution in [3.8, 4) is 0 Å². The number of hydrogen-bond donors (Lipinski definition) is 3. The largest absolute Gasteiger partial charge is 0.481 e. The number of aryl methyl sites for hydroxylation is 1. The van der Waals surface area contributed by atoms with Crippen LogP contribution in [0.2, 0.25) is 0 Å². The Morgan fingerprint density at radius 1 is 1.00 bits per heavy atom. The first-order valence-corrected chi connectivity index (χ1v) is 7.74. The van der Waals surface area contributed by atoms with E-state index in [1.165, 1.54) is 0 Å². The van der Waals surface area contributed by atoms with Gasteiger partial charge in [0, 0.05) is 19.4 Å². The lowest BCUT2D eigenvalue weighted by Crippen LogP contribution is -2.26. The molecule has 1 amide bonds. The van der Waals surface area contributed by atoms with Crippen LogP contribution in [0.5, 0.6) is 0 Å². The molecule has 0 aliphatic rings. The molecular formula is C17H23NO5. The predicted molar refractivity (Wildman–Crippen MR) is 85.0 cm³/mol. The third kappa shape index (κ3) is 8.60. The van der Waals surface area contributed by atoms with Gasteiger partial charge in [-0.15, -0.1) is 0 Å². The van der Waals surface area contributed by atoms with Crippen molar-refractivity contribution in [3.63, 3.8) is 0 Å². The minimum Gasteiger partial charge on any atom is -0.481 e. The van der Waals surface area contributed by atoms with Gasteiger partial charge < -0.3 is 15.5 Å². The highest BCUT2D eigenvalue weighted by atomic mass is 16.4. The van der Waals surface area contributed by atoms with Crippen LogP contribution in [0.4, 0.5) is 0 Å². The van der Waals surface area contributed by atoms with Gasteiger partial charge in [-0.3, -0.25) is 14.4 Å². The van der Waals surface area contributed by atoms with Gasteiger partial charge in [0.25, 0.3) is 0 Å². The summed E-state index contributed by atoms with van der Waals surface area (Å²) in [6.07, 6.45) is 1.96. The molecule has 1 atom stereocenters. The maximum atomic E-state index is 11.6. The molecule has 0 bridgehead atoms. The SMILES string of the molecule is O=C(O)CCCNC(=O)CCC(CCc1ccccc1)C(=O)O. The fraction of sp³-hybridized carbons (Fsp3) is 0.471. The van der Waals surface area contributed by atoms with E-state index in [0.717, 1.165) is 5.56 Å². The van der Waals surface area contributed by atoms with Crippen LogP contribution >= 0.6 is 0 Å². The summed E-state index contributed by atoms with van der Waals surface area (Å²) in [5, 5.41) is 20.3. The van der Waals surface area contributed by atoms with Crippen LogP contribution in [0.25, 0.3) is 0 Å². The standard InChI is InChI=1S/C17H23NO5/c19-15(18-12-4-7-16(20)21)11-10-14(17(22)23)9-8-13-5-2-1-3-6-13/h1-3,5-6,14H,4,7-12H2,(H,18,19)(H,20,21)(H,22,23). The molecule has 0 aromatic heterocycles. The maximum Gasteiger partial charge on any atom is 0.306 e. The molecule has 6 heteroatoms. The van der Waals surface area contributed by atoms with Gasteiger partial charge in [-0.2, -0.15) is 0 Å². The molecule has 0 radical (unpaired) electrons. The Kier molecular flexibility index (Phi) is 8.42. The summed E-state index contributed by atoms with van der Waals surface area (Å²) in [5.41, 5.74) is 1.08. The first-order valence-electron chi connectivity index (χ1n) is 7.74. The Morgan fingerprint density at radius 3 is 2.30 bits per heavy atom. The highest BCUT2D eigenvalue weighted by Crippen LogP contribution is 2.15. The van der Waals surface area contributed by atoms with Gasteiger partial charge in [-0.25, -0.2) is 0 Å². The first-order chi connectivity index (χ1) is 11.0. The summed E-state index contributed by atoms with van der Waals surface area (Å²) in [6.45, 7) is 0.298. The number of carboxylic acid groups (broad SMARTS) is 2. The molecule has 0 aliphatic carbocycles. The van der Waals surface area contributed by atoms with Gasteiger partial charge >= 0.3 is 11.9 Å². The van der Waals surface area contributed by atoms with Crippen LogP contribution in [-0.2, 0) is 20.8 Å². The summed E-state index contributed by atoms with van der Waals surface area (Å²) >= 11 is 0. The Balaban J connectivity index is 2.28. The predicted octanol–water partition coefficient (Wildman–Crippen LogP) is 2.08. The van der Waals surface area contributed by atoms with E-state index in [2.05, 4.69) is 5.32 Å². The Labute approximate surface area is 135 Å². The topological polar surface area (TPSA) is 104 Å². The van der Waals surface area contributed by atoms with Crippen LogP contribution in [0, 0.1) is 5.92 Å². The van der Waals surface area contributed by atoms with Crippen molar-refractivity contribution in [2.45, 2.75) is 38.5 Å². The summed E-state index contributed by atoms with van der Waals surface area (Å²) < 4.78 is 0. The molecule has 0 saturated carbocycles. The number of hydrogen-bond acceptors (Lipinski definition) is 3. The van der Waals surface area contributed by atoms with Crippen molar-refractivity contribution in [1.82, 2.24) is 5.32 Å². The fourth-order valence-electron chi connectivity index (χ4n) is 2.24. The summed E-state index contributed by atoms with van der Waals surface area (Å²) in [6, 6.07) is 9.64. The number of carbonyl (C=O) groups excluding carboxylic acids is 1. The maximum absolute atomic E-state index is 11.6. The first kappa shape index (κ1) is 18.7. The van der Waals surface area contributed by atoms with E-state index in [1.54, 1.807) is 0 Å². The lowest BCUT2D eigenvalue weighted by Gasteiger charge is -2.12. The summed E-state index contributed by atoms with van der Waals surface area (Å²) in [4.78, 5) is 33.3. The molecule has 3 N–H and O–H groups in total. The van der Waals surface area contributed by atoms with E-state index in [1.807, 2.05) is 30.3 Å². The molecule has 1 aromatic carbocycles.